The van der Waals surface area contributed by atoms with E-state index in [0.717, 1.165) is 25.6 Å². The van der Waals surface area contributed by atoms with Crippen molar-refractivity contribution >= 4 is 19.9 Å². The Labute approximate surface area is 109 Å². The highest BCUT2D eigenvalue weighted by atomic mass is 32.2. The third-order valence-corrected chi connectivity index (χ3v) is 6.68. The van der Waals surface area contributed by atoms with Gasteiger partial charge >= 0.3 is 0 Å². The molecule has 0 spiro atoms. The van der Waals surface area contributed by atoms with Crippen LogP contribution in [0.4, 0.5) is 0 Å². The first kappa shape index (κ1) is 14.2. The molecule has 0 aromatic carbocycles. The topological polar surface area (TPSA) is 83.5 Å². The van der Waals surface area contributed by atoms with Gasteiger partial charge in [-0.15, -0.1) is 0 Å². The van der Waals surface area contributed by atoms with Gasteiger partial charge in [-0.3, -0.25) is 0 Å². The van der Waals surface area contributed by atoms with Crippen molar-refractivity contribution in [1.82, 2.24) is 9.62 Å². The maximum atomic E-state index is 12.1. The van der Waals surface area contributed by atoms with Crippen LogP contribution in [-0.2, 0) is 19.9 Å². The Morgan fingerprint density at radius 2 is 1.89 bits per heavy atom. The van der Waals surface area contributed by atoms with Gasteiger partial charge in [-0.2, -0.15) is 4.31 Å². The third kappa shape index (κ3) is 3.43. The van der Waals surface area contributed by atoms with E-state index in [0.29, 0.717) is 19.0 Å². The molecule has 2 fully saturated rings. The Hall–Kier alpha value is -0.180. The first-order valence-corrected chi connectivity index (χ1v) is 9.84. The summed E-state index contributed by atoms with van der Waals surface area (Å²) in [7, 11) is -6.67. The van der Waals surface area contributed by atoms with Crippen LogP contribution in [-0.4, -0.2) is 64.6 Å². The molecule has 2 saturated heterocycles. The van der Waals surface area contributed by atoms with Crippen molar-refractivity contribution < 1.29 is 16.8 Å². The number of rotatable bonds is 4. The molecule has 106 valence electrons. The molecule has 0 amide bonds. The summed E-state index contributed by atoms with van der Waals surface area (Å²) in [4.78, 5) is 0. The largest absolute Gasteiger partial charge is 0.312 e. The molecular weight excluding hydrogens is 276 g/mol. The van der Waals surface area contributed by atoms with Gasteiger partial charge in [0, 0.05) is 25.4 Å². The van der Waals surface area contributed by atoms with Crippen LogP contribution in [0.3, 0.4) is 0 Å². The summed E-state index contributed by atoms with van der Waals surface area (Å²) in [5.74, 6) is -0.216. The van der Waals surface area contributed by atoms with Crippen molar-refractivity contribution in [2.75, 3.05) is 37.4 Å². The number of nitrogens with one attached hydrogen (secondary N) is 1. The number of sulfonamides is 1. The van der Waals surface area contributed by atoms with Crippen LogP contribution in [0, 0.1) is 5.92 Å². The minimum absolute atomic E-state index is 0.242. The maximum Gasteiger partial charge on any atom is 0.215 e. The molecule has 2 aliphatic rings. The Bertz CT molecular complexity index is 486. The van der Waals surface area contributed by atoms with E-state index < -0.39 is 19.9 Å². The molecule has 0 saturated carbocycles. The second-order valence-corrected chi connectivity index (χ2v) is 9.57. The number of hydrogen-bond acceptors (Lipinski definition) is 5. The minimum Gasteiger partial charge on any atom is -0.312 e. The van der Waals surface area contributed by atoms with Gasteiger partial charge in [0.25, 0.3) is 0 Å². The van der Waals surface area contributed by atoms with Crippen LogP contribution >= 0.6 is 0 Å². The van der Waals surface area contributed by atoms with Gasteiger partial charge in [-0.25, -0.2) is 16.8 Å². The summed E-state index contributed by atoms with van der Waals surface area (Å²) in [6, 6.07) is 0.242. The molecule has 2 atom stereocenters. The summed E-state index contributed by atoms with van der Waals surface area (Å²) in [6.07, 6.45) is 3.20. The first-order valence-electron chi connectivity index (χ1n) is 6.17. The molecule has 0 aromatic rings. The van der Waals surface area contributed by atoms with Gasteiger partial charge in [0.2, 0.25) is 10.0 Å². The first-order chi connectivity index (χ1) is 8.28. The second-order valence-electron chi connectivity index (χ2n) is 5.23. The van der Waals surface area contributed by atoms with E-state index in [2.05, 4.69) is 5.32 Å². The molecule has 1 N–H and O–H groups in total. The molecule has 2 heterocycles. The summed E-state index contributed by atoms with van der Waals surface area (Å²) in [5.41, 5.74) is 0. The molecule has 0 aliphatic carbocycles. The maximum absolute atomic E-state index is 12.1. The zero-order valence-electron chi connectivity index (χ0n) is 10.5. The highest BCUT2D eigenvalue weighted by molar-refractivity contribution is 7.93. The number of hydrogen-bond donors (Lipinski definition) is 1. The molecule has 0 radical (unpaired) electrons. The lowest BCUT2D eigenvalue weighted by molar-refractivity contribution is 0.339. The Morgan fingerprint density at radius 3 is 2.50 bits per heavy atom. The monoisotopic (exact) mass is 296 g/mol. The molecule has 2 unspecified atom stereocenters. The SMILES string of the molecule is CS(=O)(=O)CCS(=O)(=O)N1CC2CCCNC2C1. The van der Waals surface area contributed by atoms with Crippen molar-refractivity contribution in [2.24, 2.45) is 5.92 Å². The van der Waals surface area contributed by atoms with Gasteiger partial charge in [-0.1, -0.05) is 0 Å². The molecule has 2 aliphatic heterocycles. The lowest BCUT2D eigenvalue weighted by Gasteiger charge is -2.24. The van der Waals surface area contributed by atoms with E-state index in [-0.39, 0.29) is 17.5 Å². The zero-order valence-corrected chi connectivity index (χ0v) is 12.1. The molecule has 2 rings (SSSR count). The number of fused-ring (bicyclic) bond motifs is 1. The second kappa shape index (κ2) is 5.07. The van der Waals surface area contributed by atoms with E-state index in [9.17, 15) is 16.8 Å². The van der Waals surface area contributed by atoms with Crippen molar-refractivity contribution in [2.45, 2.75) is 18.9 Å². The highest BCUT2D eigenvalue weighted by Crippen LogP contribution is 2.26. The van der Waals surface area contributed by atoms with E-state index in [1.165, 1.54) is 4.31 Å². The Kier molecular flexibility index (Phi) is 4.01. The van der Waals surface area contributed by atoms with Crippen molar-refractivity contribution in [3.05, 3.63) is 0 Å². The summed E-state index contributed by atoms with van der Waals surface area (Å²) < 4.78 is 47.7. The molecule has 18 heavy (non-hydrogen) atoms. The van der Waals surface area contributed by atoms with Crippen LogP contribution in [0.25, 0.3) is 0 Å². The Morgan fingerprint density at radius 1 is 1.17 bits per heavy atom. The van der Waals surface area contributed by atoms with E-state index in [4.69, 9.17) is 0 Å². The van der Waals surface area contributed by atoms with Crippen molar-refractivity contribution in [3.63, 3.8) is 0 Å². The highest BCUT2D eigenvalue weighted by Gasteiger charge is 2.39. The number of piperidine rings is 1. The molecule has 6 nitrogen and oxygen atoms in total. The molecule has 0 bridgehead atoms. The fourth-order valence-corrected chi connectivity index (χ4v) is 5.74. The number of sulfone groups is 1. The summed E-state index contributed by atoms with van der Waals surface area (Å²) in [6.45, 7) is 1.96. The van der Waals surface area contributed by atoms with Gasteiger partial charge < -0.3 is 5.32 Å². The van der Waals surface area contributed by atoms with Gasteiger partial charge in [0.15, 0.2) is 0 Å². The fourth-order valence-electron chi connectivity index (χ4n) is 2.62. The standard InChI is InChI=1S/C10H20N2O4S2/c1-17(13,14)5-6-18(15,16)12-7-9-3-2-4-11-10(9)8-12/h9-11H,2-8H2,1H3. The average Bonchev–Trinajstić information content (AvgIpc) is 2.70. The van der Waals surface area contributed by atoms with Gasteiger partial charge in [0.05, 0.1) is 11.5 Å². The number of nitrogens with zero attached hydrogens (tertiary/aromatic N) is 1. The van der Waals surface area contributed by atoms with Crippen LogP contribution in [0.15, 0.2) is 0 Å². The lowest BCUT2D eigenvalue weighted by Crippen LogP contribution is -2.41. The normalized spacial score (nSPS) is 30.3. The average molecular weight is 296 g/mol. The van der Waals surface area contributed by atoms with Crippen LogP contribution in [0.2, 0.25) is 0 Å². The van der Waals surface area contributed by atoms with E-state index in [1.54, 1.807) is 0 Å². The smallest absolute Gasteiger partial charge is 0.215 e. The Balaban J connectivity index is 1.99. The van der Waals surface area contributed by atoms with Crippen molar-refractivity contribution in [3.8, 4) is 0 Å². The molecule has 0 aromatic heterocycles. The van der Waals surface area contributed by atoms with Crippen LogP contribution in [0.1, 0.15) is 12.8 Å². The quantitative estimate of drug-likeness (QED) is 0.723. The van der Waals surface area contributed by atoms with Gasteiger partial charge in [0.1, 0.15) is 9.84 Å². The van der Waals surface area contributed by atoms with Gasteiger partial charge in [-0.05, 0) is 25.3 Å². The summed E-state index contributed by atoms with van der Waals surface area (Å²) in [5, 5.41) is 3.33. The summed E-state index contributed by atoms with van der Waals surface area (Å²) >= 11 is 0. The van der Waals surface area contributed by atoms with E-state index >= 15 is 0 Å². The minimum atomic E-state index is -3.44. The lowest BCUT2D eigenvalue weighted by atomic mass is 9.94. The van der Waals surface area contributed by atoms with Crippen LogP contribution in [0.5, 0.6) is 0 Å². The van der Waals surface area contributed by atoms with Crippen LogP contribution < -0.4 is 5.32 Å². The van der Waals surface area contributed by atoms with E-state index in [1.807, 2.05) is 0 Å². The predicted octanol–water partition coefficient (Wildman–Crippen LogP) is -0.955. The molecular formula is C10H20N2O4S2. The zero-order chi connectivity index (χ0) is 13.4. The fraction of sp³-hybridized carbons (Fsp3) is 1.00. The third-order valence-electron chi connectivity index (χ3n) is 3.67. The molecule has 8 heteroatoms. The predicted molar refractivity (Wildman–Crippen MR) is 69.6 cm³/mol. The van der Waals surface area contributed by atoms with Crippen molar-refractivity contribution in [1.29, 1.82) is 0 Å².